The van der Waals surface area contributed by atoms with Gasteiger partial charge >= 0.3 is 5.97 Å². The molecular formula is C14H12N2O3. The van der Waals surface area contributed by atoms with E-state index in [0.717, 1.165) is 0 Å². The molecule has 2 rings (SSSR count). The molecule has 2 aromatic carbocycles. The van der Waals surface area contributed by atoms with Crippen LogP contribution in [0.15, 0.2) is 58.8 Å². The number of nitrogens with zero attached hydrogens (tertiary/aromatic N) is 2. The number of hydrogen-bond donors (Lipinski definition) is 2. The number of para-hydroxylation sites is 1. The van der Waals surface area contributed by atoms with E-state index in [1.807, 2.05) is 0 Å². The first-order valence-corrected chi connectivity index (χ1v) is 5.65. The highest BCUT2D eigenvalue weighted by Gasteiger charge is 2.07. The average molecular weight is 256 g/mol. The topological polar surface area (TPSA) is 82.2 Å². The van der Waals surface area contributed by atoms with E-state index in [2.05, 4.69) is 10.2 Å². The second-order valence-electron chi connectivity index (χ2n) is 3.85. The predicted molar refractivity (Wildman–Crippen MR) is 69.7 cm³/mol. The number of carbonyl (C=O) groups is 1. The summed E-state index contributed by atoms with van der Waals surface area (Å²) < 4.78 is 0. The Bertz CT molecular complexity index is 624. The van der Waals surface area contributed by atoms with Crippen LogP contribution in [-0.4, -0.2) is 16.2 Å². The van der Waals surface area contributed by atoms with Crippen LogP contribution < -0.4 is 0 Å². The fourth-order valence-electron chi connectivity index (χ4n) is 1.57. The van der Waals surface area contributed by atoms with Crippen molar-refractivity contribution < 1.29 is 15.0 Å². The molecule has 0 saturated carbocycles. The molecule has 5 heteroatoms. The number of aromatic carboxylic acids is 1. The summed E-state index contributed by atoms with van der Waals surface area (Å²) in [5.74, 6) is -0.898. The van der Waals surface area contributed by atoms with Gasteiger partial charge in [-0.3, -0.25) is 0 Å². The number of phenols is 1. The summed E-state index contributed by atoms with van der Waals surface area (Å²) in [6.07, 6.45) is 0. The molecule has 19 heavy (non-hydrogen) atoms. The number of aromatic hydroxyl groups is 1. The van der Waals surface area contributed by atoms with Crippen LogP contribution in [0.25, 0.3) is 0 Å². The lowest BCUT2D eigenvalue weighted by atomic mass is 10.2. The van der Waals surface area contributed by atoms with Crippen molar-refractivity contribution in [2.24, 2.45) is 10.2 Å². The smallest absolute Gasteiger partial charge is 0.337 e. The molecule has 2 N–H and O–H groups in total. The van der Waals surface area contributed by atoms with Gasteiger partial charge in [0, 0.05) is 5.56 Å². The van der Waals surface area contributed by atoms with Crippen molar-refractivity contribution in [3.8, 4) is 5.75 Å². The van der Waals surface area contributed by atoms with Gasteiger partial charge in [-0.25, -0.2) is 4.79 Å². The van der Waals surface area contributed by atoms with Gasteiger partial charge in [-0.1, -0.05) is 30.3 Å². The Morgan fingerprint density at radius 1 is 1.05 bits per heavy atom. The number of phenolic OH excluding ortho intramolecular Hbond substituents is 1. The van der Waals surface area contributed by atoms with Gasteiger partial charge in [-0.15, -0.1) is 0 Å². The van der Waals surface area contributed by atoms with Crippen molar-refractivity contribution in [3.63, 3.8) is 0 Å². The number of carboxylic acids is 1. The maximum Gasteiger partial charge on any atom is 0.337 e. The molecule has 0 amide bonds. The molecule has 0 aliphatic heterocycles. The quantitative estimate of drug-likeness (QED) is 0.822. The van der Waals surface area contributed by atoms with Gasteiger partial charge in [-0.05, 0) is 18.2 Å². The lowest BCUT2D eigenvalue weighted by Gasteiger charge is -2.00. The Hall–Kier alpha value is -2.69. The molecule has 0 spiro atoms. The number of hydrogen-bond acceptors (Lipinski definition) is 4. The molecule has 96 valence electrons. The van der Waals surface area contributed by atoms with Gasteiger partial charge in [0.2, 0.25) is 0 Å². The van der Waals surface area contributed by atoms with Gasteiger partial charge < -0.3 is 10.2 Å². The Labute approximate surface area is 109 Å². The van der Waals surface area contributed by atoms with Gasteiger partial charge in [0.15, 0.2) is 0 Å². The van der Waals surface area contributed by atoms with Crippen LogP contribution in [-0.2, 0) is 6.54 Å². The van der Waals surface area contributed by atoms with Gasteiger partial charge in [0.25, 0.3) is 0 Å². The standard InChI is InChI=1S/C14H12N2O3/c17-13-8-4-1-5-10(13)9-15-16-12-7-3-2-6-11(12)14(18)19/h1-8,17H,9H2,(H,18,19)/b16-15+. The third-order valence-corrected chi connectivity index (χ3v) is 2.55. The summed E-state index contributed by atoms with van der Waals surface area (Å²) >= 11 is 0. The van der Waals surface area contributed by atoms with Crippen LogP contribution in [0.1, 0.15) is 15.9 Å². The molecule has 0 aromatic heterocycles. The van der Waals surface area contributed by atoms with Crippen LogP contribution >= 0.6 is 0 Å². The monoisotopic (exact) mass is 256 g/mol. The van der Waals surface area contributed by atoms with Crippen molar-refractivity contribution in [2.75, 3.05) is 0 Å². The summed E-state index contributed by atoms with van der Waals surface area (Å²) in [4.78, 5) is 11.0. The number of rotatable bonds is 4. The molecule has 0 radical (unpaired) electrons. The molecule has 2 aromatic rings. The van der Waals surface area contributed by atoms with E-state index < -0.39 is 5.97 Å². The van der Waals surface area contributed by atoms with Crippen molar-refractivity contribution in [3.05, 3.63) is 59.7 Å². The molecule has 0 unspecified atom stereocenters. The number of azo groups is 1. The predicted octanol–water partition coefficient (Wildman–Crippen LogP) is 3.37. The zero-order chi connectivity index (χ0) is 13.7. The Morgan fingerprint density at radius 2 is 1.74 bits per heavy atom. The summed E-state index contributed by atoms with van der Waals surface area (Å²) in [6, 6.07) is 13.2. The first kappa shape index (κ1) is 12.8. The first-order valence-electron chi connectivity index (χ1n) is 5.65. The number of benzene rings is 2. The summed E-state index contributed by atoms with van der Waals surface area (Å²) in [5.41, 5.74) is 1.04. The van der Waals surface area contributed by atoms with Crippen LogP contribution in [0.4, 0.5) is 5.69 Å². The Balaban J connectivity index is 2.16. The zero-order valence-corrected chi connectivity index (χ0v) is 10.0. The van der Waals surface area contributed by atoms with Crippen molar-refractivity contribution in [1.82, 2.24) is 0 Å². The fraction of sp³-hybridized carbons (Fsp3) is 0.0714. The highest BCUT2D eigenvalue weighted by molar-refractivity contribution is 5.93. The second kappa shape index (κ2) is 5.77. The van der Waals surface area contributed by atoms with E-state index in [1.165, 1.54) is 6.07 Å². The lowest BCUT2D eigenvalue weighted by Crippen LogP contribution is -1.95. The van der Waals surface area contributed by atoms with Crippen LogP contribution in [0.5, 0.6) is 5.75 Å². The summed E-state index contributed by atoms with van der Waals surface area (Å²) in [5, 5.41) is 26.4. The van der Waals surface area contributed by atoms with E-state index in [1.54, 1.807) is 42.5 Å². The average Bonchev–Trinajstić information content (AvgIpc) is 2.41. The summed E-state index contributed by atoms with van der Waals surface area (Å²) in [7, 11) is 0. The molecular weight excluding hydrogens is 244 g/mol. The summed E-state index contributed by atoms with van der Waals surface area (Å²) in [6.45, 7) is 0.195. The highest BCUT2D eigenvalue weighted by atomic mass is 16.4. The Kier molecular flexibility index (Phi) is 3.87. The SMILES string of the molecule is O=C(O)c1ccccc1/N=N/Cc1ccccc1O. The molecule has 0 atom stereocenters. The molecule has 0 aliphatic carbocycles. The third-order valence-electron chi connectivity index (χ3n) is 2.55. The maximum atomic E-state index is 11.0. The zero-order valence-electron chi connectivity index (χ0n) is 10.0. The largest absolute Gasteiger partial charge is 0.508 e. The van der Waals surface area contributed by atoms with Gasteiger partial charge in [0.1, 0.15) is 5.75 Å². The van der Waals surface area contributed by atoms with Crippen molar-refractivity contribution in [1.29, 1.82) is 0 Å². The normalized spacial score (nSPS) is 10.7. The molecule has 0 fully saturated rings. The minimum Gasteiger partial charge on any atom is -0.508 e. The van der Waals surface area contributed by atoms with Gasteiger partial charge in [0.05, 0.1) is 17.8 Å². The van der Waals surface area contributed by atoms with Crippen LogP contribution in [0.3, 0.4) is 0 Å². The van der Waals surface area contributed by atoms with Crippen molar-refractivity contribution in [2.45, 2.75) is 6.54 Å². The van der Waals surface area contributed by atoms with E-state index >= 15 is 0 Å². The van der Waals surface area contributed by atoms with E-state index in [9.17, 15) is 9.90 Å². The van der Waals surface area contributed by atoms with E-state index in [-0.39, 0.29) is 17.9 Å². The van der Waals surface area contributed by atoms with E-state index in [0.29, 0.717) is 11.3 Å². The minimum absolute atomic E-state index is 0.100. The van der Waals surface area contributed by atoms with Crippen LogP contribution in [0.2, 0.25) is 0 Å². The highest BCUT2D eigenvalue weighted by Crippen LogP contribution is 2.21. The van der Waals surface area contributed by atoms with Crippen molar-refractivity contribution >= 4 is 11.7 Å². The maximum absolute atomic E-state index is 11.0. The molecule has 0 bridgehead atoms. The van der Waals surface area contributed by atoms with E-state index in [4.69, 9.17) is 5.11 Å². The third kappa shape index (κ3) is 3.16. The van der Waals surface area contributed by atoms with Crippen LogP contribution in [0, 0.1) is 0 Å². The minimum atomic E-state index is -1.04. The molecule has 0 heterocycles. The molecule has 5 nitrogen and oxygen atoms in total. The Morgan fingerprint density at radius 3 is 2.47 bits per heavy atom. The van der Waals surface area contributed by atoms with Gasteiger partial charge in [-0.2, -0.15) is 10.2 Å². The lowest BCUT2D eigenvalue weighted by molar-refractivity contribution is 0.0697. The number of carboxylic acid groups (broad SMARTS) is 1. The fourth-order valence-corrected chi connectivity index (χ4v) is 1.57. The second-order valence-corrected chi connectivity index (χ2v) is 3.85. The molecule has 0 aliphatic rings. The molecule has 0 saturated heterocycles. The first-order chi connectivity index (χ1) is 9.18.